The summed E-state index contributed by atoms with van der Waals surface area (Å²) < 4.78 is 5.23. The van der Waals surface area contributed by atoms with Gasteiger partial charge < -0.3 is 15.2 Å². The van der Waals surface area contributed by atoms with Crippen molar-refractivity contribution in [3.63, 3.8) is 0 Å². The van der Waals surface area contributed by atoms with Crippen LogP contribution in [0.15, 0.2) is 12.1 Å². The number of halogens is 3. The van der Waals surface area contributed by atoms with Crippen LogP contribution in [-0.4, -0.2) is 41.6 Å². The van der Waals surface area contributed by atoms with E-state index >= 15 is 0 Å². The molecule has 0 bridgehead atoms. The third kappa shape index (κ3) is 6.12. The van der Waals surface area contributed by atoms with Crippen LogP contribution in [0.5, 0.6) is 5.75 Å². The highest BCUT2D eigenvalue weighted by molar-refractivity contribution is 7.98. The van der Waals surface area contributed by atoms with E-state index in [1.165, 1.54) is 23.9 Å². The van der Waals surface area contributed by atoms with E-state index in [9.17, 15) is 9.59 Å². The summed E-state index contributed by atoms with van der Waals surface area (Å²) in [4.78, 5) is 22.8. The van der Waals surface area contributed by atoms with E-state index in [0.29, 0.717) is 12.2 Å². The molecule has 9 heteroatoms. The van der Waals surface area contributed by atoms with Crippen LogP contribution >= 0.6 is 46.6 Å². The summed E-state index contributed by atoms with van der Waals surface area (Å²) in [5.74, 6) is -0.829. The van der Waals surface area contributed by atoms with Gasteiger partial charge in [0.15, 0.2) is 6.61 Å². The molecule has 0 spiro atoms. The largest absolute Gasteiger partial charge is 0.482 e. The smallest absolute Gasteiger partial charge is 0.326 e. The number of carboxylic acids is 1. The first-order valence-electron chi connectivity index (χ1n) is 6.13. The second kappa shape index (κ2) is 9.35. The molecule has 0 unspecified atom stereocenters. The molecule has 1 amide bonds. The van der Waals surface area contributed by atoms with Crippen molar-refractivity contribution in [3.8, 4) is 5.75 Å². The van der Waals surface area contributed by atoms with Gasteiger partial charge in [0.1, 0.15) is 11.8 Å². The molecule has 0 fully saturated rings. The number of aliphatic carboxylic acids is 1. The first-order valence-corrected chi connectivity index (χ1v) is 8.66. The minimum atomic E-state index is -1.09. The van der Waals surface area contributed by atoms with Gasteiger partial charge in [-0.05, 0) is 24.5 Å². The standard InChI is InChI=1S/C13H14Cl3NO4S/c1-22-3-2-10(13(19)20)17-12(18)6-21-11-5-8(15)7(14)4-9(11)16/h4-5,10H,2-3,6H2,1H3,(H,17,18)(H,19,20)/t10-/m0/s1. The lowest BCUT2D eigenvalue weighted by atomic mass is 10.2. The van der Waals surface area contributed by atoms with Crippen molar-refractivity contribution < 1.29 is 19.4 Å². The first-order chi connectivity index (χ1) is 10.3. The van der Waals surface area contributed by atoms with E-state index in [0.717, 1.165) is 0 Å². The zero-order valence-electron chi connectivity index (χ0n) is 11.6. The maximum Gasteiger partial charge on any atom is 0.326 e. The van der Waals surface area contributed by atoms with E-state index in [1.807, 2.05) is 6.26 Å². The summed E-state index contributed by atoms with van der Waals surface area (Å²) in [5, 5.41) is 12.1. The summed E-state index contributed by atoms with van der Waals surface area (Å²) in [6.07, 6.45) is 2.19. The van der Waals surface area contributed by atoms with Gasteiger partial charge in [0.05, 0.1) is 15.1 Å². The van der Waals surface area contributed by atoms with Crippen LogP contribution < -0.4 is 10.1 Å². The van der Waals surface area contributed by atoms with Crippen molar-refractivity contribution in [1.82, 2.24) is 5.32 Å². The summed E-state index contributed by atoms with van der Waals surface area (Å²) >= 11 is 19.0. The van der Waals surface area contributed by atoms with E-state index in [2.05, 4.69) is 5.32 Å². The maximum atomic E-state index is 11.7. The lowest BCUT2D eigenvalue weighted by Crippen LogP contribution is -2.43. The SMILES string of the molecule is CSCC[C@H](NC(=O)COc1cc(Cl)c(Cl)cc1Cl)C(=O)O. The number of rotatable bonds is 8. The average molecular weight is 387 g/mol. The normalized spacial score (nSPS) is 11.8. The number of hydrogen-bond acceptors (Lipinski definition) is 4. The molecule has 22 heavy (non-hydrogen) atoms. The first kappa shape index (κ1) is 19.2. The van der Waals surface area contributed by atoms with Gasteiger partial charge >= 0.3 is 5.97 Å². The van der Waals surface area contributed by atoms with Crippen molar-refractivity contribution in [2.24, 2.45) is 0 Å². The summed E-state index contributed by atoms with van der Waals surface area (Å²) in [6, 6.07) is 1.84. The highest BCUT2D eigenvalue weighted by atomic mass is 35.5. The highest BCUT2D eigenvalue weighted by Crippen LogP contribution is 2.33. The number of nitrogens with one attached hydrogen (secondary N) is 1. The van der Waals surface area contributed by atoms with E-state index < -0.39 is 17.9 Å². The number of carboxylic acid groups (broad SMARTS) is 1. The molecule has 0 saturated heterocycles. The molecule has 2 N–H and O–H groups in total. The Labute approximate surface area is 147 Å². The molecular formula is C13H14Cl3NO4S. The number of ether oxygens (including phenoxy) is 1. The minimum absolute atomic E-state index is 0.196. The molecule has 5 nitrogen and oxygen atoms in total. The number of hydrogen-bond donors (Lipinski definition) is 2. The molecule has 0 aliphatic heterocycles. The third-order valence-corrected chi connectivity index (χ3v) is 4.24. The van der Waals surface area contributed by atoms with Crippen molar-refractivity contribution in [3.05, 3.63) is 27.2 Å². The Morgan fingerprint density at radius 2 is 1.91 bits per heavy atom. The van der Waals surface area contributed by atoms with Gasteiger partial charge in [-0.3, -0.25) is 4.79 Å². The molecule has 0 aliphatic carbocycles. The Morgan fingerprint density at radius 1 is 1.27 bits per heavy atom. The predicted molar refractivity (Wildman–Crippen MR) is 89.5 cm³/mol. The fourth-order valence-electron chi connectivity index (χ4n) is 1.49. The fraction of sp³-hybridized carbons (Fsp3) is 0.385. The van der Waals surface area contributed by atoms with Crippen molar-refractivity contribution in [1.29, 1.82) is 0 Å². The van der Waals surface area contributed by atoms with Crippen molar-refractivity contribution in [2.45, 2.75) is 12.5 Å². The Kier molecular flexibility index (Phi) is 8.17. The summed E-state index contributed by atoms with van der Waals surface area (Å²) in [6.45, 7) is -0.374. The number of amides is 1. The van der Waals surface area contributed by atoms with E-state index in [-0.39, 0.29) is 27.4 Å². The lowest BCUT2D eigenvalue weighted by Gasteiger charge is -2.14. The molecule has 1 rings (SSSR count). The Bertz CT molecular complexity index is 556. The topological polar surface area (TPSA) is 75.6 Å². The molecular weight excluding hydrogens is 373 g/mol. The second-order valence-corrected chi connectivity index (χ2v) is 6.43. The fourth-order valence-corrected chi connectivity index (χ4v) is 2.55. The van der Waals surface area contributed by atoms with Crippen LogP contribution in [0.1, 0.15) is 6.42 Å². The van der Waals surface area contributed by atoms with Crippen LogP contribution in [0, 0.1) is 0 Å². The molecule has 0 aromatic heterocycles. The number of thioether (sulfide) groups is 1. The zero-order chi connectivity index (χ0) is 16.7. The molecule has 1 atom stereocenters. The average Bonchev–Trinajstić information content (AvgIpc) is 2.45. The predicted octanol–water partition coefficient (Wildman–Crippen LogP) is 3.35. The molecule has 122 valence electrons. The van der Waals surface area contributed by atoms with Crippen LogP contribution in [0.25, 0.3) is 0 Å². The third-order valence-electron chi connectivity index (χ3n) is 2.58. The maximum absolute atomic E-state index is 11.7. The molecule has 1 aromatic rings. The van der Waals surface area contributed by atoms with Crippen LogP contribution in [0.4, 0.5) is 0 Å². The van der Waals surface area contributed by atoms with Crippen molar-refractivity contribution in [2.75, 3.05) is 18.6 Å². The Hall–Kier alpha value is -0.820. The van der Waals surface area contributed by atoms with Gasteiger partial charge in [0, 0.05) is 6.07 Å². The quantitative estimate of drug-likeness (QED) is 0.670. The van der Waals surface area contributed by atoms with Crippen LogP contribution in [0.2, 0.25) is 15.1 Å². The summed E-state index contributed by atoms with van der Waals surface area (Å²) in [7, 11) is 0. The molecule has 0 saturated carbocycles. The highest BCUT2D eigenvalue weighted by Gasteiger charge is 2.19. The minimum Gasteiger partial charge on any atom is -0.482 e. The summed E-state index contributed by atoms with van der Waals surface area (Å²) in [5.41, 5.74) is 0. The van der Waals surface area contributed by atoms with Gasteiger partial charge in [0.25, 0.3) is 5.91 Å². The number of benzene rings is 1. The van der Waals surface area contributed by atoms with E-state index in [1.54, 1.807) is 0 Å². The van der Waals surface area contributed by atoms with Crippen molar-refractivity contribution >= 4 is 58.4 Å². The lowest BCUT2D eigenvalue weighted by molar-refractivity contribution is -0.142. The number of carbonyl (C=O) groups is 2. The van der Waals surface area contributed by atoms with Gasteiger partial charge in [-0.1, -0.05) is 34.8 Å². The zero-order valence-corrected chi connectivity index (χ0v) is 14.7. The van der Waals surface area contributed by atoms with Crippen LogP contribution in [0.3, 0.4) is 0 Å². The van der Waals surface area contributed by atoms with E-state index in [4.69, 9.17) is 44.6 Å². The van der Waals surface area contributed by atoms with Gasteiger partial charge in [0.2, 0.25) is 0 Å². The molecule has 0 heterocycles. The number of carbonyl (C=O) groups excluding carboxylic acids is 1. The molecule has 0 radical (unpaired) electrons. The Balaban J connectivity index is 2.58. The molecule has 0 aliphatic rings. The van der Waals surface area contributed by atoms with Gasteiger partial charge in [-0.25, -0.2) is 4.79 Å². The molecule has 1 aromatic carbocycles. The van der Waals surface area contributed by atoms with Gasteiger partial charge in [-0.15, -0.1) is 0 Å². The monoisotopic (exact) mass is 385 g/mol. The van der Waals surface area contributed by atoms with Gasteiger partial charge in [-0.2, -0.15) is 11.8 Å². The Morgan fingerprint density at radius 3 is 2.50 bits per heavy atom. The second-order valence-electron chi connectivity index (χ2n) is 4.23. The van der Waals surface area contributed by atoms with Crippen LogP contribution in [-0.2, 0) is 9.59 Å².